The van der Waals surface area contributed by atoms with Crippen LogP contribution < -0.4 is 0 Å². The number of aliphatic hydroxyl groups is 6. The van der Waals surface area contributed by atoms with Gasteiger partial charge in [0.1, 0.15) is 18.3 Å². The molecule has 0 fully saturated rings. The number of aliphatic hydroxyl groups excluding tert-OH is 6. The third-order valence-corrected chi connectivity index (χ3v) is 2.59. The highest BCUT2D eigenvalue weighted by molar-refractivity contribution is 5.72. The molecule has 0 aromatic heterocycles. The molecule has 0 aliphatic carbocycles. The van der Waals surface area contributed by atoms with Crippen molar-refractivity contribution >= 4 is 5.97 Å². The number of nitrogens with zero attached hydrogens (tertiary/aromatic N) is 1. The summed E-state index contributed by atoms with van der Waals surface area (Å²) in [6.45, 7) is -1.29. The van der Waals surface area contributed by atoms with Gasteiger partial charge in [-0.15, -0.1) is 0 Å². The summed E-state index contributed by atoms with van der Waals surface area (Å²) in [5.74, 6) is -1.42. The Balaban J connectivity index is 4.28. The third-order valence-electron chi connectivity index (χ3n) is 2.59. The molecular weight excluding hydrogens is 262 g/mol. The minimum absolute atomic E-state index is 0.235. The topological polar surface area (TPSA) is 162 Å². The Morgan fingerprint density at radius 2 is 1.47 bits per heavy atom. The molecule has 7 N–H and O–H groups in total. The second-order valence-corrected chi connectivity index (χ2v) is 4.37. The van der Waals surface area contributed by atoms with Crippen molar-refractivity contribution in [3.8, 4) is 0 Å². The lowest BCUT2D eigenvalue weighted by Gasteiger charge is -2.28. The summed E-state index contributed by atoms with van der Waals surface area (Å²) in [6, 6.07) is 0. The van der Waals surface area contributed by atoms with Gasteiger partial charge in [0, 0.05) is 13.1 Å². The van der Waals surface area contributed by atoms with E-state index in [4.69, 9.17) is 20.4 Å². The minimum Gasteiger partial charge on any atom is -0.479 e. The Morgan fingerprint density at radius 1 is 1.00 bits per heavy atom. The summed E-state index contributed by atoms with van der Waals surface area (Å²) in [4.78, 5) is 11.6. The van der Waals surface area contributed by atoms with Crippen molar-refractivity contribution in [2.75, 3.05) is 26.7 Å². The first-order chi connectivity index (χ1) is 8.70. The predicted molar refractivity (Wildman–Crippen MR) is 62.3 cm³/mol. The Hall–Kier alpha value is -0.810. The lowest BCUT2D eigenvalue weighted by Crippen LogP contribution is -2.50. The molecule has 0 aromatic carbocycles. The van der Waals surface area contributed by atoms with Gasteiger partial charge in [0.15, 0.2) is 6.10 Å². The van der Waals surface area contributed by atoms with E-state index in [1.807, 2.05) is 0 Å². The first kappa shape index (κ1) is 18.2. The summed E-state index contributed by atoms with van der Waals surface area (Å²) >= 11 is 0. The van der Waals surface area contributed by atoms with Crippen LogP contribution in [0.2, 0.25) is 0 Å². The SMILES string of the molecule is CN(CC(O)C(=O)O)C[C@H](O)[C@@H](O)[C@H](O)[C@H](O)CO. The van der Waals surface area contributed by atoms with Gasteiger partial charge in [0.2, 0.25) is 0 Å². The second kappa shape index (κ2) is 8.38. The van der Waals surface area contributed by atoms with Crippen molar-refractivity contribution in [1.82, 2.24) is 4.90 Å². The van der Waals surface area contributed by atoms with E-state index in [-0.39, 0.29) is 13.1 Å². The zero-order valence-electron chi connectivity index (χ0n) is 10.5. The fraction of sp³-hybridized carbons (Fsp3) is 0.900. The number of carbonyl (C=O) groups is 1. The van der Waals surface area contributed by atoms with E-state index in [1.54, 1.807) is 0 Å². The van der Waals surface area contributed by atoms with Crippen LogP contribution in [0.1, 0.15) is 0 Å². The smallest absolute Gasteiger partial charge is 0.333 e. The summed E-state index contributed by atoms with van der Waals surface area (Å²) in [5, 5.41) is 63.7. The third kappa shape index (κ3) is 6.25. The molecule has 0 amide bonds. The molecule has 0 heterocycles. The summed E-state index contributed by atoms with van der Waals surface area (Å²) in [5.41, 5.74) is 0. The van der Waals surface area contributed by atoms with Crippen molar-refractivity contribution in [2.45, 2.75) is 30.5 Å². The number of hydrogen-bond acceptors (Lipinski definition) is 8. The van der Waals surface area contributed by atoms with Crippen LogP contribution in [0.15, 0.2) is 0 Å². The fourth-order valence-electron chi connectivity index (χ4n) is 1.44. The molecule has 1 unspecified atom stereocenters. The van der Waals surface area contributed by atoms with Gasteiger partial charge in [0.25, 0.3) is 0 Å². The molecule has 0 saturated heterocycles. The largest absolute Gasteiger partial charge is 0.479 e. The van der Waals surface area contributed by atoms with Crippen LogP contribution >= 0.6 is 0 Å². The van der Waals surface area contributed by atoms with Gasteiger partial charge in [-0.05, 0) is 7.05 Å². The Labute approximate surface area is 110 Å². The van der Waals surface area contributed by atoms with Gasteiger partial charge < -0.3 is 40.6 Å². The number of rotatable bonds is 9. The number of carboxylic acids is 1. The van der Waals surface area contributed by atoms with Gasteiger partial charge in [-0.3, -0.25) is 0 Å². The van der Waals surface area contributed by atoms with E-state index in [2.05, 4.69) is 0 Å². The molecule has 0 spiro atoms. The molecule has 0 aliphatic rings. The number of likely N-dealkylation sites (N-methyl/N-ethyl adjacent to an activating group) is 1. The van der Waals surface area contributed by atoms with Crippen LogP contribution in [0, 0.1) is 0 Å². The van der Waals surface area contributed by atoms with Gasteiger partial charge in [-0.2, -0.15) is 0 Å². The lowest BCUT2D eigenvalue weighted by molar-refractivity contribution is -0.148. The molecule has 9 heteroatoms. The van der Waals surface area contributed by atoms with E-state index in [9.17, 15) is 20.1 Å². The van der Waals surface area contributed by atoms with Crippen LogP contribution in [0.3, 0.4) is 0 Å². The molecule has 0 bridgehead atoms. The van der Waals surface area contributed by atoms with Crippen molar-refractivity contribution in [2.24, 2.45) is 0 Å². The van der Waals surface area contributed by atoms with E-state index >= 15 is 0 Å². The monoisotopic (exact) mass is 283 g/mol. The van der Waals surface area contributed by atoms with Gasteiger partial charge in [0.05, 0.1) is 12.7 Å². The van der Waals surface area contributed by atoms with Gasteiger partial charge in [-0.1, -0.05) is 0 Å². The first-order valence-corrected chi connectivity index (χ1v) is 5.63. The van der Waals surface area contributed by atoms with Crippen LogP contribution in [0.5, 0.6) is 0 Å². The molecule has 0 saturated carbocycles. The highest BCUT2D eigenvalue weighted by atomic mass is 16.4. The number of carboxylic acid groups (broad SMARTS) is 1. The molecule has 114 valence electrons. The normalized spacial score (nSPS) is 19.8. The highest BCUT2D eigenvalue weighted by Crippen LogP contribution is 2.06. The van der Waals surface area contributed by atoms with E-state index in [0.717, 1.165) is 0 Å². The van der Waals surface area contributed by atoms with E-state index in [1.165, 1.54) is 11.9 Å². The minimum atomic E-state index is -1.74. The van der Waals surface area contributed by atoms with Gasteiger partial charge >= 0.3 is 5.97 Å². The highest BCUT2D eigenvalue weighted by Gasteiger charge is 2.31. The van der Waals surface area contributed by atoms with E-state index < -0.39 is 43.1 Å². The lowest BCUT2D eigenvalue weighted by atomic mass is 10.0. The molecule has 5 atom stereocenters. The maximum Gasteiger partial charge on any atom is 0.333 e. The molecule has 9 nitrogen and oxygen atoms in total. The fourth-order valence-corrected chi connectivity index (χ4v) is 1.44. The second-order valence-electron chi connectivity index (χ2n) is 4.37. The summed E-state index contributed by atoms with van der Waals surface area (Å²) < 4.78 is 0. The molecule has 0 aliphatic heterocycles. The first-order valence-electron chi connectivity index (χ1n) is 5.63. The van der Waals surface area contributed by atoms with Crippen LogP contribution in [0.25, 0.3) is 0 Å². The summed E-state index contributed by atoms with van der Waals surface area (Å²) in [6.07, 6.45) is -8.17. The van der Waals surface area contributed by atoms with Crippen LogP contribution in [-0.4, -0.2) is 104 Å². The standard InChI is InChI=1S/C10H21NO8/c1-11(3-6(14)10(18)19)2-5(13)8(16)9(17)7(15)4-12/h5-9,12-17H,2-4H2,1H3,(H,18,19)/t5-,6?,7+,8+,9+/m0/s1. The maximum atomic E-state index is 10.4. The average Bonchev–Trinajstić information content (AvgIpc) is 2.35. The average molecular weight is 283 g/mol. The van der Waals surface area contributed by atoms with Crippen LogP contribution in [-0.2, 0) is 4.79 Å². The number of aliphatic carboxylic acids is 1. The Bertz CT molecular complexity index is 276. The quantitative estimate of drug-likeness (QED) is 0.222. The molecule has 0 aromatic rings. The van der Waals surface area contributed by atoms with Gasteiger partial charge in [-0.25, -0.2) is 4.79 Å². The zero-order chi connectivity index (χ0) is 15.2. The molecule has 0 rings (SSSR count). The molecule has 0 radical (unpaired) electrons. The van der Waals surface area contributed by atoms with Crippen molar-refractivity contribution in [3.05, 3.63) is 0 Å². The number of hydrogen-bond donors (Lipinski definition) is 7. The van der Waals surface area contributed by atoms with Crippen molar-refractivity contribution < 1.29 is 40.5 Å². The Morgan fingerprint density at radius 3 is 1.89 bits per heavy atom. The zero-order valence-corrected chi connectivity index (χ0v) is 10.5. The van der Waals surface area contributed by atoms with Crippen molar-refractivity contribution in [1.29, 1.82) is 0 Å². The van der Waals surface area contributed by atoms with E-state index in [0.29, 0.717) is 0 Å². The van der Waals surface area contributed by atoms with Crippen LogP contribution in [0.4, 0.5) is 0 Å². The maximum absolute atomic E-state index is 10.4. The molecular formula is C10H21NO8. The van der Waals surface area contributed by atoms with Crippen molar-refractivity contribution in [3.63, 3.8) is 0 Å². The predicted octanol–water partition coefficient (Wildman–Crippen LogP) is -4.20. The Kier molecular flexibility index (Phi) is 8.02. The summed E-state index contributed by atoms with van der Waals surface area (Å²) in [7, 11) is 1.40. The molecule has 19 heavy (non-hydrogen) atoms.